The van der Waals surface area contributed by atoms with Crippen LogP contribution in [-0.4, -0.2) is 60.1 Å². The van der Waals surface area contributed by atoms with Gasteiger partial charge in [-0.1, -0.05) is 0 Å². The van der Waals surface area contributed by atoms with E-state index in [0.29, 0.717) is 0 Å². The molecule has 13 nitrogen and oxygen atoms in total. The van der Waals surface area contributed by atoms with E-state index in [1.165, 1.54) is 0 Å². The Bertz CT molecular complexity index is 536. The Kier molecular flexibility index (Phi) is 8.31. The molecule has 128 valence electrons. The van der Waals surface area contributed by atoms with Gasteiger partial charge in [-0.05, 0) is 0 Å². The maximum absolute atomic E-state index is 11.3. The van der Waals surface area contributed by atoms with Crippen LogP contribution in [0.25, 0.3) is 0 Å². The number of rotatable bonds is 7. The summed E-state index contributed by atoms with van der Waals surface area (Å²) >= 11 is 0. The first-order chi connectivity index (χ1) is 10.6. The lowest BCUT2D eigenvalue weighted by Gasteiger charge is -2.08. The Hall–Kier alpha value is -3.22. The molecule has 0 aliphatic heterocycles. The Morgan fingerprint density at radius 3 is 1.70 bits per heavy atom. The summed E-state index contributed by atoms with van der Waals surface area (Å²) in [5.41, 5.74) is 19.8. The lowest BCUT2D eigenvalue weighted by Crippen LogP contribution is -2.31. The molecular formula is C10H16N6O7. The molecule has 1 atom stereocenters. The molecule has 0 aromatic rings. The summed E-state index contributed by atoms with van der Waals surface area (Å²) < 4.78 is 8.36. The third-order valence-corrected chi connectivity index (χ3v) is 1.86. The highest BCUT2D eigenvalue weighted by molar-refractivity contribution is 5.93. The van der Waals surface area contributed by atoms with Gasteiger partial charge >= 0.3 is 23.9 Å². The van der Waals surface area contributed by atoms with Crippen LogP contribution in [0.15, 0.2) is 9.98 Å². The number of guanidine groups is 2. The van der Waals surface area contributed by atoms with Crippen LogP contribution in [0.5, 0.6) is 0 Å². The fourth-order valence-corrected chi connectivity index (χ4v) is 0.966. The summed E-state index contributed by atoms with van der Waals surface area (Å²) in [6.07, 6.45) is -2.95. The van der Waals surface area contributed by atoms with Crippen LogP contribution in [0.3, 0.4) is 0 Å². The fraction of sp³-hybridized carbons (Fsp3) is 0.400. The van der Waals surface area contributed by atoms with Crippen molar-refractivity contribution in [3.63, 3.8) is 0 Å². The summed E-state index contributed by atoms with van der Waals surface area (Å²) in [4.78, 5) is 51.3. The molecule has 1 unspecified atom stereocenters. The first-order valence-electron chi connectivity index (χ1n) is 5.88. The van der Waals surface area contributed by atoms with E-state index >= 15 is 0 Å². The largest absolute Gasteiger partial charge is 0.392 e. The summed E-state index contributed by atoms with van der Waals surface area (Å²) in [6.45, 7) is -1.27. The molecule has 0 spiro atoms. The normalized spacial score (nSPS) is 10.8. The van der Waals surface area contributed by atoms with Crippen molar-refractivity contribution < 1.29 is 33.8 Å². The molecule has 0 aromatic carbocycles. The van der Waals surface area contributed by atoms with E-state index in [-0.39, 0.29) is 0 Å². The molecule has 0 bridgehead atoms. The molecule has 0 heterocycles. The molecule has 13 heteroatoms. The minimum absolute atomic E-state index is 0.391. The molecule has 0 fully saturated rings. The van der Waals surface area contributed by atoms with Gasteiger partial charge in [0.15, 0.2) is 18.0 Å². The molecule has 0 saturated heterocycles. The number of ether oxygens (including phenoxy) is 2. The van der Waals surface area contributed by atoms with E-state index in [4.69, 9.17) is 22.9 Å². The van der Waals surface area contributed by atoms with E-state index in [1.54, 1.807) is 0 Å². The van der Waals surface area contributed by atoms with Crippen LogP contribution in [0.2, 0.25) is 0 Å². The summed E-state index contributed by atoms with van der Waals surface area (Å²) in [6, 6.07) is 0. The van der Waals surface area contributed by atoms with Crippen LogP contribution in [-0.2, 0) is 28.7 Å². The lowest BCUT2D eigenvalue weighted by molar-refractivity contribution is -0.170. The third kappa shape index (κ3) is 10.2. The summed E-state index contributed by atoms with van der Waals surface area (Å²) in [5, 5.41) is 9.35. The fourth-order valence-electron chi connectivity index (χ4n) is 0.966. The van der Waals surface area contributed by atoms with Crippen molar-refractivity contribution in [3.05, 3.63) is 0 Å². The first kappa shape index (κ1) is 19.8. The molecule has 0 saturated carbocycles. The Balaban J connectivity index is 4.28. The number of nitrogens with zero attached hydrogens (tertiary/aromatic N) is 2. The molecule has 9 N–H and O–H groups in total. The Morgan fingerprint density at radius 1 is 0.826 bits per heavy atom. The van der Waals surface area contributed by atoms with E-state index in [9.17, 15) is 24.3 Å². The lowest BCUT2D eigenvalue weighted by atomic mass is 10.2. The number of aliphatic hydroxyl groups excluding tert-OH is 1. The SMILES string of the molecule is NC(N)=NCC(=O)OC(=O)CC(O)C(=O)OC(=O)CN=C(N)N. The van der Waals surface area contributed by atoms with Gasteiger partial charge in [-0.3, -0.25) is 4.79 Å². The van der Waals surface area contributed by atoms with Gasteiger partial charge < -0.3 is 37.5 Å². The van der Waals surface area contributed by atoms with Crippen molar-refractivity contribution in [2.24, 2.45) is 32.9 Å². The first-order valence-corrected chi connectivity index (χ1v) is 5.88. The van der Waals surface area contributed by atoms with Crippen LogP contribution in [0.4, 0.5) is 0 Å². The predicted octanol–water partition coefficient (Wildman–Crippen LogP) is -4.58. The minimum atomic E-state index is -2.03. The highest BCUT2D eigenvalue weighted by Crippen LogP contribution is 1.99. The van der Waals surface area contributed by atoms with Gasteiger partial charge in [-0.15, -0.1) is 0 Å². The average Bonchev–Trinajstić information content (AvgIpc) is 2.42. The number of hydrogen-bond donors (Lipinski definition) is 5. The zero-order valence-electron chi connectivity index (χ0n) is 11.8. The third-order valence-electron chi connectivity index (χ3n) is 1.86. The second-order valence-corrected chi connectivity index (χ2v) is 3.84. The molecule has 0 rings (SSSR count). The second-order valence-electron chi connectivity index (χ2n) is 3.84. The number of esters is 4. The summed E-state index contributed by atoms with van der Waals surface area (Å²) in [5.74, 6) is -5.74. The van der Waals surface area contributed by atoms with Gasteiger partial charge in [0.2, 0.25) is 0 Å². The predicted molar refractivity (Wildman–Crippen MR) is 74.2 cm³/mol. The van der Waals surface area contributed by atoms with Crippen molar-refractivity contribution in [3.8, 4) is 0 Å². The van der Waals surface area contributed by atoms with Crippen molar-refractivity contribution in [1.82, 2.24) is 0 Å². The molecule has 0 aliphatic rings. The van der Waals surface area contributed by atoms with Crippen molar-refractivity contribution in [1.29, 1.82) is 0 Å². The summed E-state index contributed by atoms with van der Waals surface area (Å²) in [7, 11) is 0. The van der Waals surface area contributed by atoms with Crippen molar-refractivity contribution >= 4 is 35.8 Å². The second kappa shape index (κ2) is 9.67. The maximum atomic E-state index is 11.3. The maximum Gasteiger partial charge on any atom is 0.343 e. The van der Waals surface area contributed by atoms with Gasteiger partial charge in [0.1, 0.15) is 13.1 Å². The molecule has 0 radical (unpaired) electrons. The molecule has 0 aromatic heterocycles. The highest BCUT2D eigenvalue weighted by Gasteiger charge is 2.25. The number of carbonyl (C=O) groups excluding carboxylic acids is 4. The van der Waals surface area contributed by atoms with Gasteiger partial charge in [-0.2, -0.15) is 0 Å². The van der Waals surface area contributed by atoms with Gasteiger partial charge in [0.05, 0.1) is 6.42 Å². The number of carbonyl (C=O) groups is 4. The minimum Gasteiger partial charge on any atom is -0.392 e. The van der Waals surface area contributed by atoms with E-state index in [2.05, 4.69) is 19.5 Å². The van der Waals surface area contributed by atoms with Crippen LogP contribution in [0.1, 0.15) is 6.42 Å². The van der Waals surface area contributed by atoms with Crippen LogP contribution in [0, 0.1) is 0 Å². The zero-order chi connectivity index (χ0) is 18.0. The highest BCUT2D eigenvalue weighted by atomic mass is 16.6. The monoisotopic (exact) mass is 332 g/mol. The standard InChI is InChI=1S/C10H16N6O7/c11-9(12)15-2-6(19)22-5(18)1-4(17)8(21)23-7(20)3-16-10(13)14/h4,17H,1-3H2,(H4,11,12,15)(H4,13,14,16). The van der Waals surface area contributed by atoms with Crippen LogP contribution >= 0.6 is 0 Å². The van der Waals surface area contributed by atoms with E-state index in [1.807, 2.05) is 0 Å². The van der Waals surface area contributed by atoms with Crippen molar-refractivity contribution in [2.75, 3.05) is 13.1 Å². The topological polar surface area (TPSA) is 236 Å². The van der Waals surface area contributed by atoms with E-state index in [0.717, 1.165) is 0 Å². The zero-order valence-corrected chi connectivity index (χ0v) is 11.8. The molecule has 0 amide bonds. The smallest absolute Gasteiger partial charge is 0.343 e. The molecule has 0 aliphatic carbocycles. The molecule has 23 heavy (non-hydrogen) atoms. The van der Waals surface area contributed by atoms with Gasteiger partial charge in [0, 0.05) is 0 Å². The number of hydrogen-bond acceptors (Lipinski definition) is 9. The quantitative estimate of drug-likeness (QED) is 0.129. The van der Waals surface area contributed by atoms with Crippen molar-refractivity contribution in [2.45, 2.75) is 12.5 Å². The van der Waals surface area contributed by atoms with E-state index < -0.39 is 61.4 Å². The number of aliphatic imine (C=N–C) groups is 2. The average molecular weight is 332 g/mol. The Labute approximate surface area is 129 Å². The molecular weight excluding hydrogens is 316 g/mol. The van der Waals surface area contributed by atoms with Crippen LogP contribution < -0.4 is 22.9 Å². The number of aliphatic hydroxyl groups is 1. The number of nitrogens with two attached hydrogens (primary N) is 4. The van der Waals surface area contributed by atoms with Gasteiger partial charge in [0.25, 0.3) is 0 Å². The van der Waals surface area contributed by atoms with Gasteiger partial charge in [-0.25, -0.2) is 24.4 Å². The Morgan fingerprint density at radius 2 is 1.26 bits per heavy atom.